The lowest BCUT2D eigenvalue weighted by molar-refractivity contribution is -0.139. The third-order valence-electron chi connectivity index (χ3n) is 2.18. The summed E-state index contributed by atoms with van der Waals surface area (Å²) < 4.78 is 4.75. The molecule has 1 atom stereocenters. The summed E-state index contributed by atoms with van der Waals surface area (Å²) in [4.78, 5) is 22.3. The fourth-order valence-electron chi connectivity index (χ4n) is 1.37. The second-order valence-corrected chi connectivity index (χ2v) is 4.34. The van der Waals surface area contributed by atoms with Gasteiger partial charge in [0.1, 0.15) is 12.6 Å². The fourth-order valence-corrected chi connectivity index (χ4v) is 1.53. The minimum atomic E-state index is -1.09. The highest BCUT2D eigenvalue weighted by Crippen LogP contribution is 2.03. The summed E-state index contributed by atoms with van der Waals surface area (Å²) in [7, 11) is 0. The summed E-state index contributed by atoms with van der Waals surface area (Å²) in [5, 5.41) is 11.9. The number of amides is 1. The van der Waals surface area contributed by atoms with Crippen molar-refractivity contribution in [3.8, 4) is 0 Å². The number of hydrogen-bond acceptors (Lipinski definition) is 3. The van der Waals surface area contributed by atoms with Crippen LogP contribution < -0.4 is 5.32 Å². The van der Waals surface area contributed by atoms with E-state index in [1.54, 1.807) is 12.1 Å². The van der Waals surface area contributed by atoms with Gasteiger partial charge in [-0.05, 0) is 5.56 Å². The van der Waals surface area contributed by atoms with Crippen LogP contribution in [-0.4, -0.2) is 35.1 Å². The third-order valence-corrected chi connectivity index (χ3v) is 2.51. The Balaban J connectivity index is 2.55. The molecule has 0 aliphatic heterocycles. The summed E-state index contributed by atoms with van der Waals surface area (Å²) in [6.07, 6.45) is -0.502. The summed E-state index contributed by atoms with van der Waals surface area (Å²) >= 11 is 3.11. The molecule has 1 rings (SSSR count). The Morgan fingerprint density at radius 1 is 1.33 bits per heavy atom. The van der Waals surface area contributed by atoms with Crippen molar-refractivity contribution in [2.45, 2.75) is 12.5 Å². The summed E-state index contributed by atoms with van der Waals surface area (Å²) in [6, 6.07) is 8.10. The van der Waals surface area contributed by atoms with E-state index in [9.17, 15) is 9.59 Å². The normalized spacial score (nSPS) is 11.6. The van der Waals surface area contributed by atoms with Crippen molar-refractivity contribution in [1.82, 2.24) is 5.32 Å². The Bertz CT molecular complexity index is 396. The molecular weight excluding hydrogens is 302 g/mol. The molecule has 0 bridgehead atoms. The highest BCUT2D eigenvalue weighted by Gasteiger charge is 2.20. The third kappa shape index (κ3) is 5.18. The monoisotopic (exact) mass is 315 g/mol. The number of nitrogens with one attached hydrogen (secondary N) is 1. The number of benzene rings is 1. The molecule has 5 nitrogen and oxygen atoms in total. The number of ether oxygens (including phenoxy) is 1. The Kier molecular flexibility index (Phi) is 6.21. The van der Waals surface area contributed by atoms with Gasteiger partial charge in [-0.25, -0.2) is 9.59 Å². The van der Waals surface area contributed by atoms with Crippen LogP contribution in [0.2, 0.25) is 0 Å². The molecule has 0 aliphatic carbocycles. The zero-order chi connectivity index (χ0) is 13.4. The van der Waals surface area contributed by atoms with Crippen molar-refractivity contribution < 1.29 is 19.4 Å². The van der Waals surface area contributed by atoms with Crippen molar-refractivity contribution in [1.29, 1.82) is 0 Å². The van der Waals surface area contributed by atoms with Gasteiger partial charge >= 0.3 is 12.1 Å². The topological polar surface area (TPSA) is 75.6 Å². The summed E-state index contributed by atoms with van der Waals surface area (Å²) in [5.41, 5.74) is 0.839. The Labute approximate surface area is 113 Å². The van der Waals surface area contributed by atoms with Crippen LogP contribution in [0.3, 0.4) is 0 Å². The number of alkyl halides is 1. The number of alkyl carbamates (subject to hydrolysis) is 1. The fraction of sp³-hybridized carbons (Fsp3) is 0.333. The van der Waals surface area contributed by atoms with Crippen molar-refractivity contribution in [2.24, 2.45) is 0 Å². The number of halogens is 1. The van der Waals surface area contributed by atoms with Crippen LogP contribution in [0, 0.1) is 0 Å². The lowest BCUT2D eigenvalue weighted by Crippen LogP contribution is -2.42. The average molecular weight is 316 g/mol. The Morgan fingerprint density at radius 3 is 2.56 bits per heavy atom. The number of carbonyl (C=O) groups is 2. The number of aliphatic carboxylic acids is 1. The molecule has 0 heterocycles. The van der Waals surface area contributed by atoms with Gasteiger partial charge in [-0.1, -0.05) is 46.3 Å². The second kappa shape index (κ2) is 7.71. The van der Waals surface area contributed by atoms with Crippen LogP contribution in [0.5, 0.6) is 0 Å². The van der Waals surface area contributed by atoms with Crippen LogP contribution >= 0.6 is 15.9 Å². The van der Waals surface area contributed by atoms with Crippen molar-refractivity contribution in [3.63, 3.8) is 0 Å². The van der Waals surface area contributed by atoms with E-state index in [0.717, 1.165) is 5.56 Å². The number of carboxylic acid groups (broad SMARTS) is 1. The smallest absolute Gasteiger partial charge is 0.407 e. The maximum atomic E-state index is 11.3. The molecule has 1 amide bonds. The second-order valence-electron chi connectivity index (χ2n) is 3.55. The lowest BCUT2D eigenvalue weighted by Gasteiger charge is -2.14. The van der Waals surface area contributed by atoms with Gasteiger partial charge < -0.3 is 15.2 Å². The number of rotatable bonds is 6. The Morgan fingerprint density at radius 2 is 2.00 bits per heavy atom. The van der Waals surface area contributed by atoms with Crippen LogP contribution in [0.1, 0.15) is 5.56 Å². The largest absolute Gasteiger partial charge is 0.480 e. The van der Waals surface area contributed by atoms with Crippen molar-refractivity contribution in [2.75, 3.05) is 11.9 Å². The molecule has 0 fully saturated rings. The molecule has 0 radical (unpaired) electrons. The van der Waals surface area contributed by atoms with Crippen LogP contribution in [-0.2, 0) is 16.0 Å². The van der Waals surface area contributed by atoms with Crippen LogP contribution in [0.15, 0.2) is 30.3 Å². The van der Waals surface area contributed by atoms with E-state index >= 15 is 0 Å². The van der Waals surface area contributed by atoms with E-state index < -0.39 is 18.1 Å². The molecule has 0 unspecified atom stereocenters. The maximum absolute atomic E-state index is 11.3. The molecule has 6 heteroatoms. The maximum Gasteiger partial charge on any atom is 0.407 e. The van der Waals surface area contributed by atoms with Gasteiger partial charge in [0.15, 0.2) is 0 Å². The van der Waals surface area contributed by atoms with Gasteiger partial charge in [-0.3, -0.25) is 0 Å². The number of hydrogen-bond donors (Lipinski definition) is 2. The molecule has 0 saturated carbocycles. The van der Waals surface area contributed by atoms with Gasteiger partial charge in [-0.15, -0.1) is 0 Å². The minimum absolute atomic E-state index is 0.198. The molecule has 2 N–H and O–H groups in total. The quantitative estimate of drug-likeness (QED) is 0.785. The molecule has 0 saturated heterocycles. The molecule has 0 spiro atoms. The predicted molar refractivity (Wildman–Crippen MR) is 69.8 cm³/mol. The van der Waals surface area contributed by atoms with Crippen LogP contribution in [0.4, 0.5) is 4.79 Å². The highest BCUT2D eigenvalue weighted by molar-refractivity contribution is 9.09. The first-order valence-electron chi connectivity index (χ1n) is 5.39. The van der Waals surface area contributed by atoms with Crippen LogP contribution in [0.25, 0.3) is 0 Å². The van der Waals surface area contributed by atoms with E-state index in [0.29, 0.717) is 5.33 Å². The predicted octanol–water partition coefficient (Wildman–Crippen LogP) is 1.80. The SMILES string of the molecule is O=C(N[C@@H](Cc1ccccc1)C(=O)O)OCCBr. The van der Waals surface area contributed by atoms with E-state index in [4.69, 9.17) is 9.84 Å². The standard InChI is InChI=1S/C12H14BrNO4/c13-6-7-18-12(17)14-10(11(15)16)8-9-4-2-1-3-5-9/h1-5,10H,6-8H2,(H,14,17)(H,15,16)/t10-/m0/s1. The molecule has 98 valence electrons. The zero-order valence-electron chi connectivity index (χ0n) is 9.64. The molecule has 1 aromatic carbocycles. The van der Waals surface area contributed by atoms with Gasteiger partial charge in [0.2, 0.25) is 0 Å². The van der Waals surface area contributed by atoms with E-state index in [-0.39, 0.29) is 13.0 Å². The zero-order valence-corrected chi connectivity index (χ0v) is 11.2. The average Bonchev–Trinajstić information content (AvgIpc) is 2.36. The first kappa shape index (κ1) is 14.5. The van der Waals surface area contributed by atoms with E-state index in [1.807, 2.05) is 18.2 Å². The summed E-state index contributed by atoms with van der Waals surface area (Å²) in [5.74, 6) is -1.09. The highest BCUT2D eigenvalue weighted by atomic mass is 79.9. The van der Waals surface area contributed by atoms with E-state index in [1.165, 1.54) is 0 Å². The first-order valence-corrected chi connectivity index (χ1v) is 6.51. The Hall–Kier alpha value is -1.56. The van der Waals surface area contributed by atoms with E-state index in [2.05, 4.69) is 21.2 Å². The number of carbonyl (C=O) groups excluding carboxylic acids is 1. The van der Waals surface area contributed by atoms with Gasteiger partial charge in [0.05, 0.1) is 0 Å². The summed E-state index contributed by atoms with van der Waals surface area (Å²) in [6.45, 7) is 0.198. The lowest BCUT2D eigenvalue weighted by atomic mass is 10.1. The van der Waals surface area contributed by atoms with Gasteiger partial charge in [0, 0.05) is 11.8 Å². The van der Waals surface area contributed by atoms with Crippen molar-refractivity contribution in [3.05, 3.63) is 35.9 Å². The molecule has 18 heavy (non-hydrogen) atoms. The number of carboxylic acids is 1. The molecule has 1 aromatic rings. The van der Waals surface area contributed by atoms with Gasteiger partial charge in [0.25, 0.3) is 0 Å². The molecule has 0 aliphatic rings. The minimum Gasteiger partial charge on any atom is -0.480 e. The van der Waals surface area contributed by atoms with Gasteiger partial charge in [-0.2, -0.15) is 0 Å². The molecular formula is C12H14BrNO4. The van der Waals surface area contributed by atoms with Crippen molar-refractivity contribution >= 4 is 28.0 Å². The molecule has 0 aromatic heterocycles. The first-order chi connectivity index (χ1) is 8.63.